The number of nitrogens with one attached hydrogen (secondary N) is 1. The molecule has 2 aromatic rings. The Morgan fingerprint density at radius 2 is 2.10 bits per heavy atom. The van der Waals surface area contributed by atoms with Gasteiger partial charge in [-0.25, -0.2) is 9.48 Å². The van der Waals surface area contributed by atoms with Gasteiger partial charge in [0, 0.05) is 6.54 Å². The topological polar surface area (TPSA) is 97.1 Å². The summed E-state index contributed by atoms with van der Waals surface area (Å²) in [6, 6.07) is 7.72. The molecular weight excluding hydrogens is 272 g/mol. The maximum atomic E-state index is 11.8. The van der Waals surface area contributed by atoms with Crippen LogP contribution in [0.25, 0.3) is 0 Å². The van der Waals surface area contributed by atoms with Crippen molar-refractivity contribution >= 4 is 11.9 Å². The van der Waals surface area contributed by atoms with Gasteiger partial charge in [-0.05, 0) is 18.1 Å². The van der Waals surface area contributed by atoms with Crippen LogP contribution in [0.2, 0.25) is 0 Å². The Hall–Kier alpha value is -2.70. The van der Waals surface area contributed by atoms with Gasteiger partial charge in [-0.2, -0.15) is 0 Å². The fourth-order valence-electron chi connectivity index (χ4n) is 1.86. The molecule has 110 valence electrons. The minimum absolute atomic E-state index is 0.0807. The monoisotopic (exact) mass is 288 g/mol. The summed E-state index contributed by atoms with van der Waals surface area (Å²) in [6.45, 7) is 2.71. The first kappa shape index (κ1) is 14.7. The van der Waals surface area contributed by atoms with Crippen molar-refractivity contribution in [2.24, 2.45) is 0 Å². The van der Waals surface area contributed by atoms with Crippen LogP contribution >= 0.6 is 0 Å². The summed E-state index contributed by atoms with van der Waals surface area (Å²) < 4.78 is 1.39. The minimum atomic E-state index is -1.12. The lowest BCUT2D eigenvalue weighted by Gasteiger charge is -2.07. The minimum Gasteiger partial charge on any atom is -0.476 e. The molecule has 1 aromatic heterocycles. The third-order valence-electron chi connectivity index (χ3n) is 3.03. The van der Waals surface area contributed by atoms with E-state index in [1.54, 1.807) is 0 Å². The number of hydrogen-bond donors (Lipinski definition) is 2. The summed E-state index contributed by atoms with van der Waals surface area (Å²) in [5.74, 6) is -1.20. The molecule has 0 unspecified atom stereocenters. The standard InChI is InChI=1S/C14H16N4O3/c1-10-4-2-3-5-11(10)8-13(19)15-6-7-18-9-12(14(20)21)16-17-18/h2-5,9H,6-8H2,1H3,(H,15,19)(H,20,21). The molecule has 0 bridgehead atoms. The Labute approximate surface area is 121 Å². The van der Waals surface area contributed by atoms with Crippen molar-refractivity contribution in [1.82, 2.24) is 20.3 Å². The van der Waals surface area contributed by atoms with Crippen LogP contribution in [0.3, 0.4) is 0 Å². The molecule has 0 fully saturated rings. The van der Waals surface area contributed by atoms with E-state index >= 15 is 0 Å². The summed E-state index contributed by atoms with van der Waals surface area (Å²) in [4.78, 5) is 22.5. The van der Waals surface area contributed by atoms with Gasteiger partial charge in [0.2, 0.25) is 5.91 Å². The van der Waals surface area contributed by atoms with Crippen LogP contribution < -0.4 is 5.32 Å². The van der Waals surface area contributed by atoms with E-state index in [0.717, 1.165) is 11.1 Å². The first-order valence-electron chi connectivity index (χ1n) is 6.51. The molecule has 21 heavy (non-hydrogen) atoms. The SMILES string of the molecule is Cc1ccccc1CC(=O)NCCn1cc(C(=O)O)nn1. The van der Waals surface area contributed by atoms with Gasteiger partial charge >= 0.3 is 5.97 Å². The van der Waals surface area contributed by atoms with Crippen molar-refractivity contribution in [2.45, 2.75) is 19.9 Å². The number of aryl methyl sites for hydroxylation is 1. The number of carbonyl (C=O) groups is 2. The lowest BCUT2D eigenvalue weighted by atomic mass is 10.1. The van der Waals surface area contributed by atoms with E-state index in [4.69, 9.17) is 5.11 Å². The number of amides is 1. The van der Waals surface area contributed by atoms with Crippen LogP contribution in [0.4, 0.5) is 0 Å². The van der Waals surface area contributed by atoms with E-state index in [0.29, 0.717) is 19.5 Å². The van der Waals surface area contributed by atoms with E-state index in [-0.39, 0.29) is 11.6 Å². The molecule has 7 nitrogen and oxygen atoms in total. The van der Waals surface area contributed by atoms with Gasteiger partial charge in [0.05, 0.1) is 19.2 Å². The number of aromatic carboxylic acids is 1. The summed E-state index contributed by atoms with van der Waals surface area (Å²) in [7, 11) is 0. The maximum Gasteiger partial charge on any atom is 0.358 e. The molecule has 1 heterocycles. The van der Waals surface area contributed by atoms with Gasteiger partial charge in [-0.3, -0.25) is 4.79 Å². The fourth-order valence-corrected chi connectivity index (χ4v) is 1.86. The molecule has 1 amide bonds. The van der Waals surface area contributed by atoms with Crippen LogP contribution in [0.15, 0.2) is 30.5 Å². The number of nitrogens with zero attached hydrogens (tertiary/aromatic N) is 3. The first-order valence-corrected chi connectivity index (χ1v) is 6.51. The van der Waals surface area contributed by atoms with E-state index in [1.807, 2.05) is 31.2 Å². The Morgan fingerprint density at radius 1 is 1.33 bits per heavy atom. The van der Waals surface area contributed by atoms with E-state index in [9.17, 15) is 9.59 Å². The Kier molecular flexibility index (Phi) is 4.65. The van der Waals surface area contributed by atoms with Gasteiger partial charge < -0.3 is 10.4 Å². The Bertz CT molecular complexity index is 651. The average molecular weight is 288 g/mol. The zero-order valence-corrected chi connectivity index (χ0v) is 11.6. The normalized spacial score (nSPS) is 10.3. The smallest absolute Gasteiger partial charge is 0.358 e. The predicted molar refractivity (Wildman–Crippen MR) is 74.9 cm³/mol. The third-order valence-corrected chi connectivity index (χ3v) is 3.03. The van der Waals surface area contributed by atoms with Crippen LogP contribution in [0.1, 0.15) is 21.6 Å². The van der Waals surface area contributed by atoms with Crippen LogP contribution in [-0.2, 0) is 17.8 Å². The molecule has 0 saturated carbocycles. The quantitative estimate of drug-likeness (QED) is 0.813. The highest BCUT2D eigenvalue weighted by Gasteiger charge is 2.08. The molecule has 0 saturated heterocycles. The molecule has 0 spiro atoms. The highest BCUT2D eigenvalue weighted by molar-refractivity contribution is 5.84. The largest absolute Gasteiger partial charge is 0.476 e. The summed E-state index contributed by atoms with van der Waals surface area (Å²) in [6.07, 6.45) is 1.65. The highest BCUT2D eigenvalue weighted by atomic mass is 16.4. The number of carbonyl (C=O) groups excluding carboxylic acids is 1. The summed E-state index contributed by atoms with van der Waals surface area (Å²) in [5, 5.41) is 18.6. The van der Waals surface area contributed by atoms with Crippen LogP contribution in [-0.4, -0.2) is 38.5 Å². The molecule has 7 heteroatoms. The van der Waals surface area contributed by atoms with Crippen molar-refractivity contribution in [1.29, 1.82) is 0 Å². The van der Waals surface area contributed by atoms with Gasteiger partial charge in [0.1, 0.15) is 0 Å². The van der Waals surface area contributed by atoms with Crippen molar-refractivity contribution in [2.75, 3.05) is 6.54 Å². The number of aromatic nitrogens is 3. The zero-order valence-electron chi connectivity index (χ0n) is 11.6. The number of benzene rings is 1. The number of carboxylic acid groups (broad SMARTS) is 1. The molecule has 0 radical (unpaired) electrons. The van der Waals surface area contributed by atoms with E-state index < -0.39 is 5.97 Å². The van der Waals surface area contributed by atoms with Gasteiger partial charge in [0.15, 0.2) is 5.69 Å². The maximum absolute atomic E-state index is 11.8. The number of hydrogen-bond acceptors (Lipinski definition) is 4. The van der Waals surface area contributed by atoms with Gasteiger partial charge in [-0.1, -0.05) is 29.5 Å². The summed E-state index contributed by atoms with van der Waals surface area (Å²) in [5.41, 5.74) is 1.96. The second kappa shape index (κ2) is 6.65. The first-order chi connectivity index (χ1) is 10.1. The highest BCUT2D eigenvalue weighted by Crippen LogP contribution is 2.07. The molecule has 2 N–H and O–H groups in total. The van der Waals surface area contributed by atoms with E-state index in [1.165, 1.54) is 10.9 Å². The molecule has 0 aliphatic carbocycles. The summed E-state index contributed by atoms with van der Waals surface area (Å²) >= 11 is 0. The zero-order chi connectivity index (χ0) is 15.2. The third kappa shape index (κ3) is 4.13. The molecule has 0 atom stereocenters. The molecular formula is C14H16N4O3. The van der Waals surface area contributed by atoms with Crippen molar-refractivity contribution in [3.8, 4) is 0 Å². The second-order valence-corrected chi connectivity index (χ2v) is 4.63. The van der Waals surface area contributed by atoms with Crippen molar-refractivity contribution in [3.05, 3.63) is 47.3 Å². The van der Waals surface area contributed by atoms with Gasteiger partial charge in [0.25, 0.3) is 0 Å². The van der Waals surface area contributed by atoms with Crippen molar-refractivity contribution in [3.63, 3.8) is 0 Å². The van der Waals surface area contributed by atoms with Crippen LogP contribution in [0.5, 0.6) is 0 Å². The predicted octanol–water partition coefficient (Wildman–Crippen LogP) is 0.644. The van der Waals surface area contributed by atoms with E-state index in [2.05, 4.69) is 15.6 Å². The molecule has 0 aliphatic heterocycles. The molecule has 0 aliphatic rings. The van der Waals surface area contributed by atoms with Gasteiger partial charge in [-0.15, -0.1) is 5.10 Å². The van der Waals surface area contributed by atoms with Crippen LogP contribution in [0, 0.1) is 6.92 Å². The molecule has 1 aromatic carbocycles. The lowest BCUT2D eigenvalue weighted by molar-refractivity contribution is -0.120. The second-order valence-electron chi connectivity index (χ2n) is 4.63. The molecule has 2 rings (SSSR count). The Morgan fingerprint density at radius 3 is 2.76 bits per heavy atom. The fraction of sp³-hybridized carbons (Fsp3) is 0.286. The number of carboxylic acids is 1. The number of rotatable bonds is 6. The van der Waals surface area contributed by atoms with Crippen molar-refractivity contribution < 1.29 is 14.7 Å². The Balaban J connectivity index is 1.79. The average Bonchev–Trinajstić information content (AvgIpc) is 2.90. The lowest BCUT2D eigenvalue weighted by Crippen LogP contribution is -2.29.